The number of rotatable bonds is 1. The Labute approximate surface area is 79.4 Å². The van der Waals surface area contributed by atoms with E-state index in [1.807, 2.05) is 12.1 Å². The van der Waals surface area contributed by atoms with Crippen LogP contribution in [0.5, 0.6) is 0 Å². The minimum Gasteiger partial charge on any atom is -0.399 e. The third kappa shape index (κ3) is 1.68. The number of hydrogen-bond donors (Lipinski definition) is 1. The van der Waals surface area contributed by atoms with Crippen LogP contribution in [0.25, 0.3) is 0 Å². The molecule has 0 saturated carbocycles. The van der Waals surface area contributed by atoms with E-state index in [-0.39, 0.29) is 0 Å². The van der Waals surface area contributed by atoms with Gasteiger partial charge in [-0.25, -0.2) is 0 Å². The van der Waals surface area contributed by atoms with E-state index in [0.29, 0.717) is 6.04 Å². The summed E-state index contributed by atoms with van der Waals surface area (Å²) < 4.78 is 0. The van der Waals surface area contributed by atoms with Crippen molar-refractivity contribution >= 4 is 5.69 Å². The summed E-state index contributed by atoms with van der Waals surface area (Å²) in [6, 6.07) is 8.83. The number of nitrogen functional groups attached to an aromatic ring is 1. The van der Waals surface area contributed by atoms with Gasteiger partial charge in [0.25, 0.3) is 0 Å². The molecule has 1 heterocycles. The molecule has 0 spiro atoms. The number of nitrogens with zero attached hydrogens (tertiary/aromatic N) is 1. The Hall–Kier alpha value is -1.02. The summed E-state index contributed by atoms with van der Waals surface area (Å²) in [7, 11) is 2.18. The van der Waals surface area contributed by atoms with Crippen molar-refractivity contribution in [3.05, 3.63) is 29.8 Å². The van der Waals surface area contributed by atoms with E-state index >= 15 is 0 Å². The van der Waals surface area contributed by atoms with Crippen LogP contribution >= 0.6 is 0 Å². The second kappa shape index (κ2) is 3.38. The van der Waals surface area contributed by atoms with Crippen LogP contribution in [0.3, 0.4) is 0 Å². The zero-order chi connectivity index (χ0) is 9.26. The summed E-state index contributed by atoms with van der Waals surface area (Å²) in [6.07, 6.45) is 2.57. The summed E-state index contributed by atoms with van der Waals surface area (Å²) in [6.45, 7) is 1.21. The van der Waals surface area contributed by atoms with Crippen LogP contribution in [0, 0.1) is 0 Å². The van der Waals surface area contributed by atoms with Crippen LogP contribution in [-0.2, 0) is 0 Å². The average Bonchev–Trinajstić information content (AvgIpc) is 2.51. The first kappa shape index (κ1) is 8.57. The zero-order valence-corrected chi connectivity index (χ0v) is 8.03. The van der Waals surface area contributed by atoms with Crippen LogP contribution < -0.4 is 5.73 Å². The molecule has 1 aromatic rings. The van der Waals surface area contributed by atoms with Crippen LogP contribution in [0.2, 0.25) is 0 Å². The van der Waals surface area contributed by atoms with Crippen molar-refractivity contribution in [3.63, 3.8) is 0 Å². The van der Waals surface area contributed by atoms with Crippen molar-refractivity contribution in [1.82, 2.24) is 4.90 Å². The first-order valence-corrected chi connectivity index (χ1v) is 4.83. The lowest BCUT2D eigenvalue weighted by Crippen LogP contribution is -2.17. The largest absolute Gasteiger partial charge is 0.399 e. The van der Waals surface area contributed by atoms with Gasteiger partial charge in [-0.15, -0.1) is 0 Å². The maximum Gasteiger partial charge on any atom is 0.0346 e. The molecule has 1 fully saturated rings. The van der Waals surface area contributed by atoms with Gasteiger partial charge in [-0.05, 0) is 44.1 Å². The highest BCUT2D eigenvalue weighted by molar-refractivity contribution is 5.41. The molecule has 1 unspecified atom stereocenters. The smallest absolute Gasteiger partial charge is 0.0346 e. The van der Waals surface area contributed by atoms with Gasteiger partial charge in [-0.3, -0.25) is 4.90 Å². The van der Waals surface area contributed by atoms with E-state index in [9.17, 15) is 0 Å². The predicted octanol–water partition coefficient (Wildman–Crippen LogP) is 2.04. The molecule has 2 N–H and O–H groups in total. The van der Waals surface area contributed by atoms with Gasteiger partial charge >= 0.3 is 0 Å². The molecule has 13 heavy (non-hydrogen) atoms. The Bertz CT molecular complexity index is 296. The van der Waals surface area contributed by atoms with Crippen LogP contribution in [-0.4, -0.2) is 18.5 Å². The number of anilines is 1. The first-order chi connectivity index (χ1) is 6.27. The lowest BCUT2D eigenvalue weighted by Gasteiger charge is -2.19. The Kier molecular flexibility index (Phi) is 2.23. The third-order valence-corrected chi connectivity index (χ3v) is 2.82. The molecule has 0 amide bonds. The van der Waals surface area contributed by atoms with Crippen molar-refractivity contribution in [2.45, 2.75) is 18.9 Å². The average molecular weight is 176 g/mol. The highest BCUT2D eigenvalue weighted by Crippen LogP contribution is 2.30. The maximum atomic E-state index is 5.75. The minimum atomic E-state index is 0.587. The molecule has 2 nitrogen and oxygen atoms in total. The molecule has 0 bridgehead atoms. The lowest BCUT2D eigenvalue weighted by atomic mass is 10.0. The quantitative estimate of drug-likeness (QED) is 0.663. The highest BCUT2D eigenvalue weighted by atomic mass is 15.1. The first-order valence-electron chi connectivity index (χ1n) is 4.83. The predicted molar refractivity (Wildman–Crippen MR) is 55.5 cm³/mol. The normalized spacial score (nSPS) is 23.6. The number of likely N-dealkylation sites (tertiary alicyclic amines) is 1. The molecular weight excluding hydrogens is 160 g/mol. The summed E-state index contributed by atoms with van der Waals surface area (Å²) >= 11 is 0. The van der Waals surface area contributed by atoms with Crippen molar-refractivity contribution < 1.29 is 0 Å². The summed E-state index contributed by atoms with van der Waals surface area (Å²) in [5, 5.41) is 0. The topological polar surface area (TPSA) is 29.3 Å². The van der Waals surface area contributed by atoms with Gasteiger partial charge in [-0.2, -0.15) is 0 Å². The van der Waals surface area contributed by atoms with E-state index in [1.54, 1.807) is 0 Å². The standard InChI is InChI=1S/C11H16N2/c1-13-7-3-6-11(13)9-4-2-5-10(12)8-9/h2,4-5,8,11H,3,6-7,12H2,1H3. The summed E-state index contributed by atoms with van der Waals surface area (Å²) in [4.78, 5) is 2.40. The highest BCUT2D eigenvalue weighted by Gasteiger charge is 2.22. The Morgan fingerprint density at radius 2 is 2.31 bits per heavy atom. The molecule has 2 heteroatoms. The van der Waals surface area contributed by atoms with E-state index in [1.165, 1.54) is 24.9 Å². The third-order valence-electron chi connectivity index (χ3n) is 2.82. The zero-order valence-electron chi connectivity index (χ0n) is 8.03. The SMILES string of the molecule is CN1CCCC1c1cccc(N)c1. The Morgan fingerprint density at radius 1 is 1.46 bits per heavy atom. The maximum absolute atomic E-state index is 5.75. The monoisotopic (exact) mass is 176 g/mol. The minimum absolute atomic E-state index is 0.587. The van der Waals surface area contributed by atoms with E-state index < -0.39 is 0 Å². The van der Waals surface area contributed by atoms with Gasteiger partial charge < -0.3 is 5.73 Å². The molecule has 0 aliphatic carbocycles. The fourth-order valence-electron chi connectivity index (χ4n) is 2.10. The van der Waals surface area contributed by atoms with Crippen molar-refractivity contribution in [1.29, 1.82) is 0 Å². The molecule has 1 atom stereocenters. The summed E-state index contributed by atoms with van der Waals surface area (Å²) in [5.74, 6) is 0. The van der Waals surface area contributed by atoms with Gasteiger partial charge in [0.2, 0.25) is 0 Å². The van der Waals surface area contributed by atoms with Crippen molar-refractivity contribution in [2.24, 2.45) is 0 Å². The number of nitrogens with two attached hydrogens (primary N) is 1. The number of benzene rings is 1. The molecular formula is C11H16N2. The van der Waals surface area contributed by atoms with Crippen LogP contribution in [0.15, 0.2) is 24.3 Å². The molecule has 1 aliphatic heterocycles. The Balaban J connectivity index is 2.24. The van der Waals surface area contributed by atoms with Gasteiger partial charge in [0.05, 0.1) is 0 Å². The molecule has 1 aromatic carbocycles. The van der Waals surface area contributed by atoms with Crippen molar-refractivity contribution in [2.75, 3.05) is 19.3 Å². The lowest BCUT2D eigenvalue weighted by molar-refractivity contribution is 0.317. The second-order valence-electron chi connectivity index (χ2n) is 3.81. The Morgan fingerprint density at radius 3 is 2.92 bits per heavy atom. The number of hydrogen-bond acceptors (Lipinski definition) is 2. The van der Waals surface area contributed by atoms with Crippen molar-refractivity contribution in [3.8, 4) is 0 Å². The van der Waals surface area contributed by atoms with E-state index in [4.69, 9.17) is 5.73 Å². The second-order valence-corrected chi connectivity index (χ2v) is 3.81. The van der Waals surface area contributed by atoms with Gasteiger partial charge in [0.15, 0.2) is 0 Å². The van der Waals surface area contributed by atoms with Gasteiger partial charge in [0.1, 0.15) is 0 Å². The summed E-state index contributed by atoms with van der Waals surface area (Å²) in [5.41, 5.74) is 7.99. The molecule has 1 saturated heterocycles. The van der Waals surface area contributed by atoms with E-state index in [2.05, 4.69) is 24.1 Å². The fraction of sp³-hybridized carbons (Fsp3) is 0.455. The molecule has 1 aliphatic rings. The van der Waals surface area contributed by atoms with Crippen LogP contribution in [0.4, 0.5) is 5.69 Å². The van der Waals surface area contributed by atoms with Crippen LogP contribution in [0.1, 0.15) is 24.4 Å². The molecule has 70 valence electrons. The van der Waals surface area contributed by atoms with E-state index in [0.717, 1.165) is 5.69 Å². The van der Waals surface area contributed by atoms with Gasteiger partial charge in [0, 0.05) is 11.7 Å². The fourth-order valence-corrected chi connectivity index (χ4v) is 2.10. The molecule has 0 aromatic heterocycles. The molecule has 2 rings (SSSR count). The van der Waals surface area contributed by atoms with Gasteiger partial charge in [-0.1, -0.05) is 12.1 Å². The molecule has 0 radical (unpaired) electrons.